The molecule has 6 nitrogen and oxygen atoms in total. The molecule has 24 heavy (non-hydrogen) atoms. The third kappa shape index (κ3) is 4.31. The second kappa shape index (κ2) is 7.88. The molecule has 0 aliphatic heterocycles. The summed E-state index contributed by atoms with van der Waals surface area (Å²) in [5.74, 6) is 0.869. The molecule has 0 fully saturated rings. The Morgan fingerprint density at radius 3 is 2.67 bits per heavy atom. The first-order chi connectivity index (χ1) is 11.3. The molecule has 0 aliphatic rings. The summed E-state index contributed by atoms with van der Waals surface area (Å²) in [5.41, 5.74) is 0. The fourth-order valence-electron chi connectivity index (χ4n) is 2.22. The van der Waals surface area contributed by atoms with Crippen LogP contribution in [0.15, 0.2) is 44.3 Å². The number of halogens is 2. The Morgan fingerprint density at radius 2 is 2.12 bits per heavy atom. The molecule has 9 heteroatoms. The molecule has 0 bridgehead atoms. The van der Waals surface area contributed by atoms with Gasteiger partial charge in [0.05, 0.1) is 23.9 Å². The van der Waals surface area contributed by atoms with Crippen LogP contribution < -0.4 is 9.46 Å². The van der Waals surface area contributed by atoms with Gasteiger partial charge in [-0.3, -0.25) is 4.90 Å². The Morgan fingerprint density at radius 1 is 1.42 bits per heavy atom. The SMILES string of the molecule is COc1c(Br)cc(Cl)cc1S(=O)(=O)NCC(c1ccco1)N(C)C. The fraction of sp³-hybridized carbons (Fsp3) is 0.333. The van der Waals surface area contributed by atoms with Crippen molar-refractivity contribution in [1.82, 2.24) is 9.62 Å². The van der Waals surface area contributed by atoms with Crippen molar-refractivity contribution in [3.63, 3.8) is 0 Å². The third-order valence-corrected chi connectivity index (χ3v) is 5.67. The van der Waals surface area contributed by atoms with E-state index < -0.39 is 10.0 Å². The van der Waals surface area contributed by atoms with Crippen molar-refractivity contribution in [3.8, 4) is 5.75 Å². The van der Waals surface area contributed by atoms with E-state index in [-0.39, 0.29) is 23.2 Å². The maximum absolute atomic E-state index is 12.7. The van der Waals surface area contributed by atoms with Crippen LogP contribution in [-0.2, 0) is 10.0 Å². The maximum Gasteiger partial charge on any atom is 0.244 e. The molecule has 1 aromatic carbocycles. The highest BCUT2D eigenvalue weighted by atomic mass is 79.9. The first kappa shape index (κ1) is 19.3. The molecular formula is C15H18BrClN2O4S. The number of nitrogens with zero attached hydrogens (tertiary/aromatic N) is 1. The summed E-state index contributed by atoms with van der Waals surface area (Å²) in [6.07, 6.45) is 1.55. The summed E-state index contributed by atoms with van der Waals surface area (Å²) >= 11 is 9.24. The lowest BCUT2D eigenvalue weighted by molar-refractivity contribution is 0.259. The number of ether oxygens (including phenoxy) is 1. The largest absolute Gasteiger partial charge is 0.494 e. The highest BCUT2D eigenvalue weighted by Crippen LogP contribution is 2.35. The molecule has 132 valence electrons. The predicted octanol–water partition coefficient (Wildman–Crippen LogP) is 3.29. The minimum atomic E-state index is -3.83. The second-order valence-corrected chi connectivity index (χ2v) is 8.29. The lowest BCUT2D eigenvalue weighted by atomic mass is 10.2. The standard InChI is InChI=1S/C15H18BrClN2O4S/c1-19(2)12(13-5-4-6-23-13)9-18-24(20,21)14-8-10(17)7-11(16)15(14)22-3/h4-8,12,18H,9H2,1-3H3. The van der Waals surface area contributed by atoms with Crippen molar-refractivity contribution in [3.05, 3.63) is 45.8 Å². The van der Waals surface area contributed by atoms with Crippen molar-refractivity contribution in [1.29, 1.82) is 0 Å². The van der Waals surface area contributed by atoms with Crippen molar-refractivity contribution >= 4 is 37.6 Å². The van der Waals surface area contributed by atoms with Gasteiger partial charge in [-0.2, -0.15) is 0 Å². The normalized spacial score (nSPS) is 13.2. The summed E-state index contributed by atoms with van der Waals surface area (Å²) in [6.45, 7) is 0.135. The molecule has 0 aliphatic carbocycles. The highest BCUT2D eigenvalue weighted by molar-refractivity contribution is 9.10. The van der Waals surface area contributed by atoms with Gasteiger partial charge in [0.15, 0.2) is 5.75 Å². The zero-order valence-corrected chi connectivity index (χ0v) is 16.6. The molecular weight excluding hydrogens is 420 g/mol. The molecule has 2 rings (SSSR count). The van der Waals surface area contributed by atoms with Gasteiger partial charge in [-0.15, -0.1) is 0 Å². The van der Waals surface area contributed by atoms with E-state index in [1.165, 1.54) is 13.2 Å². The van der Waals surface area contributed by atoms with Gasteiger partial charge in [0.25, 0.3) is 0 Å². The lowest BCUT2D eigenvalue weighted by Gasteiger charge is -2.23. The summed E-state index contributed by atoms with van der Waals surface area (Å²) < 4.78 is 39.0. The van der Waals surface area contributed by atoms with Crippen LogP contribution in [0.25, 0.3) is 0 Å². The number of hydrogen-bond acceptors (Lipinski definition) is 5. The molecule has 1 heterocycles. The van der Waals surface area contributed by atoms with E-state index in [1.54, 1.807) is 24.5 Å². The maximum atomic E-state index is 12.7. The number of rotatable bonds is 7. The van der Waals surface area contributed by atoms with Gasteiger partial charge in [-0.25, -0.2) is 13.1 Å². The van der Waals surface area contributed by atoms with Crippen LogP contribution in [0, 0.1) is 0 Å². The van der Waals surface area contributed by atoms with Gasteiger partial charge >= 0.3 is 0 Å². The third-order valence-electron chi connectivity index (χ3n) is 3.43. The minimum absolute atomic E-state index is 0.0265. The van der Waals surface area contributed by atoms with E-state index in [1.807, 2.05) is 19.0 Å². The van der Waals surface area contributed by atoms with Crippen LogP contribution in [0.4, 0.5) is 0 Å². The van der Waals surface area contributed by atoms with E-state index in [0.29, 0.717) is 15.3 Å². The van der Waals surface area contributed by atoms with Crippen LogP contribution in [0.3, 0.4) is 0 Å². The number of hydrogen-bond donors (Lipinski definition) is 1. The Hall–Kier alpha value is -1.06. The number of furan rings is 1. The number of methoxy groups -OCH3 is 1. The number of nitrogens with one attached hydrogen (secondary N) is 1. The van der Waals surface area contributed by atoms with E-state index in [4.69, 9.17) is 20.8 Å². The van der Waals surface area contributed by atoms with Crippen LogP contribution in [0.2, 0.25) is 5.02 Å². The Balaban J connectivity index is 2.29. The van der Waals surface area contributed by atoms with Crippen LogP contribution in [0.5, 0.6) is 5.75 Å². The minimum Gasteiger partial charge on any atom is -0.494 e. The van der Waals surface area contributed by atoms with E-state index in [2.05, 4.69) is 20.7 Å². The van der Waals surface area contributed by atoms with Crippen LogP contribution in [0.1, 0.15) is 11.8 Å². The van der Waals surface area contributed by atoms with E-state index >= 15 is 0 Å². The lowest BCUT2D eigenvalue weighted by Crippen LogP contribution is -2.34. The van der Waals surface area contributed by atoms with E-state index in [9.17, 15) is 8.42 Å². The van der Waals surface area contributed by atoms with Crippen LogP contribution in [-0.4, -0.2) is 41.1 Å². The second-order valence-electron chi connectivity index (χ2n) is 5.27. The fourth-order valence-corrected chi connectivity index (χ4v) is 4.64. The number of benzene rings is 1. The van der Waals surface area contributed by atoms with Crippen LogP contribution >= 0.6 is 27.5 Å². The molecule has 0 saturated heterocycles. The zero-order valence-electron chi connectivity index (χ0n) is 13.4. The topological polar surface area (TPSA) is 71.8 Å². The Kier molecular flexibility index (Phi) is 6.33. The van der Waals surface area contributed by atoms with Gasteiger partial charge in [0.2, 0.25) is 10.0 Å². The highest BCUT2D eigenvalue weighted by Gasteiger charge is 2.25. The van der Waals surface area contributed by atoms with Gasteiger partial charge in [0.1, 0.15) is 10.7 Å². The zero-order chi connectivity index (χ0) is 17.9. The monoisotopic (exact) mass is 436 g/mol. The smallest absolute Gasteiger partial charge is 0.244 e. The van der Waals surface area contributed by atoms with Gasteiger partial charge in [-0.1, -0.05) is 11.6 Å². The first-order valence-corrected chi connectivity index (χ1v) is 9.64. The average Bonchev–Trinajstić information content (AvgIpc) is 3.00. The van der Waals surface area contributed by atoms with E-state index in [0.717, 1.165) is 0 Å². The number of sulfonamides is 1. The molecule has 0 radical (unpaired) electrons. The van der Waals surface area contributed by atoms with Crippen molar-refractivity contribution in [2.45, 2.75) is 10.9 Å². The van der Waals surface area contributed by atoms with Crippen molar-refractivity contribution in [2.75, 3.05) is 27.7 Å². The summed E-state index contributed by atoms with van der Waals surface area (Å²) in [7, 11) is 1.27. The van der Waals surface area contributed by atoms with Crippen molar-refractivity contribution in [2.24, 2.45) is 0 Å². The molecule has 0 spiro atoms. The predicted molar refractivity (Wildman–Crippen MR) is 96.0 cm³/mol. The molecule has 1 unspecified atom stereocenters. The molecule has 0 saturated carbocycles. The van der Waals surface area contributed by atoms with Gasteiger partial charge in [-0.05, 0) is 54.3 Å². The summed E-state index contributed by atoms with van der Waals surface area (Å²) in [5, 5.41) is 0.290. The van der Waals surface area contributed by atoms with Gasteiger partial charge < -0.3 is 9.15 Å². The molecule has 0 amide bonds. The summed E-state index contributed by atoms with van der Waals surface area (Å²) in [6, 6.07) is 6.24. The molecule has 1 atom stereocenters. The number of likely N-dealkylation sites (N-methyl/N-ethyl adjacent to an activating group) is 1. The summed E-state index contributed by atoms with van der Waals surface area (Å²) in [4.78, 5) is 1.84. The molecule has 2 aromatic rings. The van der Waals surface area contributed by atoms with Gasteiger partial charge in [0, 0.05) is 11.6 Å². The molecule has 1 N–H and O–H groups in total. The quantitative estimate of drug-likeness (QED) is 0.720. The Bertz CT molecular complexity index is 794. The van der Waals surface area contributed by atoms with Crippen molar-refractivity contribution < 1.29 is 17.6 Å². The Labute approximate surface area is 154 Å². The average molecular weight is 438 g/mol. The molecule has 1 aromatic heterocycles. The first-order valence-electron chi connectivity index (χ1n) is 6.98.